The van der Waals surface area contributed by atoms with Crippen LogP contribution in [0.3, 0.4) is 0 Å². The van der Waals surface area contributed by atoms with Crippen molar-refractivity contribution in [3.63, 3.8) is 0 Å². The molecule has 8 heteroatoms. The van der Waals surface area contributed by atoms with E-state index in [1.807, 2.05) is 16.7 Å². The highest BCUT2D eigenvalue weighted by molar-refractivity contribution is 7.99. The number of thioether (sulfide) groups is 1. The van der Waals surface area contributed by atoms with Crippen molar-refractivity contribution in [2.75, 3.05) is 5.75 Å². The van der Waals surface area contributed by atoms with E-state index in [0.29, 0.717) is 26.7 Å². The second-order valence-electron chi connectivity index (χ2n) is 4.14. The Morgan fingerprint density at radius 1 is 1.43 bits per heavy atom. The number of nitrogens with zero attached hydrogens (tertiary/aromatic N) is 3. The number of furan rings is 1. The van der Waals surface area contributed by atoms with Gasteiger partial charge in [0.2, 0.25) is 0 Å². The molecule has 0 spiro atoms. The lowest BCUT2D eigenvalue weighted by atomic mass is 10.4. The van der Waals surface area contributed by atoms with E-state index in [1.165, 1.54) is 23.1 Å². The normalized spacial score (nSPS) is 10.9. The molecule has 3 aromatic rings. The molecular formula is C13H10ClN3O2S2. The Kier molecular flexibility index (Phi) is 4.42. The molecule has 0 bridgehead atoms. The highest BCUT2D eigenvalue weighted by Gasteiger charge is 2.13. The molecule has 0 N–H and O–H groups in total. The van der Waals surface area contributed by atoms with Crippen molar-refractivity contribution in [1.29, 1.82) is 0 Å². The maximum atomic E-state index is 12.0. The maximum absolute atomic E-state index is 12.0. The number of carbonyl (C=O) groups excluding carboxylic acids is 1. The largest absolute Gasteiger partial charge is 0.467 e. The number of hydrogen-bond donors (Lipinski definition) is 0. The van der Waals surface area contributed by atoms with Crippen LogP contribution in [0.5, 0.6) is 0 Å². The Morgan fingerprint density at radius 2 is 2.33 bits per heavy atom. The van der Waals surface area contributed by atoms with E-state index >= 15 is 0 Å². The van der Waals surface area contributed by atoms with Crippen LogP contribution in [0, 0.1) is 0 Å². The van der Waals surface area contributed by atoms with Gasteiger partial charge in [-0.2, -0.15) is 0 Å². The summed E-state index contributed by atoms with van der Waals surface area (Å²) in [5, 5.41) is 8.59. The van der Waals surface area contributed by atoms with E-state index in [2.05, 4.69) is 10.2 Å². The Morgan fingerprint density at radius 3 is 3.05 bits per heavy atom. The minimum atomic E-state index is 0.0319. The molecule has 108 valence electrons. The fourth-order valence-electron chi connectivity index (χ4n) is 1.70. The third-order valence-electron chi connectivity index (χ3n) is 2.67. The summed E-state index contributed by atoms with van der Waals surface area (Å²) in [4.78, 5) is 12.7. The molecule has 0 aromatic carbocycles. The van der Waals surface area contributed by atoms with Crippen LogP contribution in [0.25, 0.3) is 0 Å². The predicted molar refractivity (Wildman–Crippen MR) is 82.2 cm³/mol. The summed E-state index contributed by atoms with van der Waals surface area (Å²) in [6.45, 7) is 0.543. The van der Waals surface area contributed by atoms with E-state index < -0.39 is 0 Å². The van der Waals surface area contributed by atoms with Crippen LogP contribution in [0.1, 0.15) is 15.4 Å². The van der Waals surface area contributed by atoms with Crippen molar-refractivity contribution in [3.05, 3.63) is 51.8 Å². The van der Waals surface area contributed by atoms with E-state index in [4.69, 9.17) is 16.0 Å². The van der Waals surface area contributed by atoms with E-state index in [1.54, 1.807) is 24.7 Å². The van der Waals surface area contributed by atoms with Gasteiger partial charge in [-0.15, -0.1) is 21.5 Å². The summed E-state index contributed by atoms with van der Waals surface area (Å²) in [6.07, 6.45) is 3.24. The van der Waals surface area contributed by atoms with Gasteiger partial charge in [-0.1, -0.05) is 23.4 Å². The minimum absolute atomic E-state index is 0.0319. The fourth-order valence-corrected chi connectivity index (χ4v) is 3.57. The topological polar surface area (TPSA) is 60.9 Å². The second kappa shape index (κ2) is 6.46. The smallest absolute Gasteiger partial charge is 0.191 e. The molecule has 21 heavy (non-hydrogen) atoms. The first-order valence-electron chi connectivity index (χ1n) is 6.04. The minimum Gasteiger partial charge on any atom is -0.467 e. The molecule has 0 unspecified atom stereocenters. The molecule has 0 amide bonds. The SMILES string of the molecule is O=C(CSc1nncn1Cc1ccco1)c1ccc(Cl)s1. The van der Waals surface area contributed by atoms with Gasteiger partial charge in [0, 0.05) is 0 Å². The van der Waals surface area contributed by atoms with Gasteiger partial charge in [-0.25, -0.2) is 0 Å². The van der Waals surface area contributed by atoms with Gasteiger partial charge in [-0.05, 0) is 24.3 Å². The van der Waals surface area contributed by atoms with Crippen LogP contribution in [-0.4, -0.2) is 26.3 Å². The number of hydrogen-bond acceptors (Lipinski definition) is 6. The summed E-state index contributed by atoms with van der Waals surface area (Å²) in [7, 11) is 0. The quantitative estimate of drug-likeness (QED) is 0.507. The Labute approximate surface area is 133 Å². The molecule has 0 aliphatic heterocycles. The van der Waals surface area contributed by atoms with Crippen LogP contribution in [-0.2, 0) is 6.54 Å². The summed E-state index contributed by atoms with van der Waals surface area (Å²) in [6, 6.07) is 7.18. The predicted octanol–water partition coefficient (Wildman–Crippen LogP) is 3.61. The van der Waals surface area contributed by atoms with E-state index in [9.17, 15) is 4.79 Å². The molecule has 5 nitrogen and oxygen atoms in total. The number of thiophene rings is 1. The van der Waals surface area contributed by atoms with Crippen LogP contribution >= 0.6 is 34.7 Å². The van der Waals surface area contributed by atoms with Crippen LogP contribution in [0.15, 0.2) is 46.4 Å². The number of rotatable bonds is 6. The highest BCUT2D eigenvalue weighted by Crippen LogP contribution is 2.24. The zero-order chi connectivity index (χ0) is 14.7. The van der Waals surface area contributed by atoms with Crippen molar-refractivity contribution in [2.24, 2.45) is 0 Å². The molecule has 0 fully saturated rings. The molecular weight excluding hydrogens is 330 g/mol. The van der Waals surface area contributed by atoms with Gasteiger partial charge < -0.3 is 8.98 Å². The standard InChI is InChI=1S/C13H10ClN3O2S2/c14-12-4-3-11(21-12)10(18)7-20-13-16-15-8-17(13)6-9-2-1-5-19-9/h1-5,8H,6-7H2. The molecule has 0 saturated carbocycles. The third-order valence-corrected chi connectivity index (χ3v) is 4.92. The molecule has 3 aromatic heterocycles. The number of aromatic nitrogens is 3. The number of ketones is 1. The molecule has 3 heterocycles. The van der Waals surface area contributed by atoms with Crippen LogP contribution in [0.4, 0.5) is 0 Å². The van der Waals surface area contributed by atoms with E-state index in [-0.39, 0.29) is 5.78 Å². The van der Waals surface area contributed by atoms with Crippen molar-refractivity contribution >= 4 is 40.5 Å². The monoisotopic (exact) mass is 339 g/mol. The first-order chi connectivity index (χ1) is 10.2. The van der Waals surface area contributed by atoms with Gasteiger partial charge in [0.1, 0.15) is 12.1 Å². The summed E-state index contributed by atoms with van der Waals surface area (Å²) >= 11 is 8.47. The van der Waals surface area contributed by atoms with Crippen molar-refractivity contribution < 1.29 is 9.21 Å². The maximum Gasteiger partial charge on any atom is 0.191 e. The third kappa shape index (κ3) is 3.55. The lowest BCUT2D eigenvalue weighted by Gasteiger charge is -2.03. The van der Waals surface area contributed by atoms with Gasteiger partial charge in [0.15, 0.2) is 10.9 Å². The number of carbonyl (C=O) groups is 1. The van der Waals surface area contributed by atoms with Gasteiger partial charge in [0.25, 0.3) is 0 Å². The molecule has 0 aliphatic rings. The van der Waals surface area contributed by atoms with Gasteiger partial charge >= 0.3 is 0 Å². The lowest BCUT2D eigenvalue weighted by molar-refractivity contribution is 0.102. The molecule has 0 saturated heterocycles. The number of Topliss-reactive ketones (excluding diaryl/α,β-unsaturated/α-hetero) is 1. The average molecular weight is 340 g/mol. The van der Waals surface area contributed by atoms with Crippen LogP contribution < -0.4 is 0 Å². The molecule has 0 radical (unpaired) electrons. The van der Waals surface area contributed by atoms with Gasteiger partial charge in [-0.3, -0.25) is 4.79 Å². The van der Waals surface area contributed by atoms with Crippen LogP contribution in [0.2, 0.25) is 4.34 Å². The Bertz CT molecular complexity index is 736. The van der Waals surface area contributed by atoms with Crippen molar-refractivity contribution in [3.8, 4) is 0 Å². The summed E-state index contributed by atoms with van der Waals surface area (Å²) in [5.41, 5.74) is 0. The zero-order valence-corrected chi connectivity index (χ0v) is 13.1. The lowest BCUT2D eigenvalue weighted by Crippen LogP contribution is -2.03. The summed E-state index contributed by atoms with van der Waals surface area (Å²) < 4.78 is 7.75. The molecule has 0 aliphatic carbocycles. The Balaban J connectivity index is 1.63. The molecule has 3 rings (SSSR count). The fraction of sp³-hybridized carbons (Fsp3) is 0.154. The highest BCUT2D eigenvalue weighted by atomic mass is 35.5. The zero-order valence-electron chi connectivity index (χ0n) is 10.7. The van der Waals surface area contributed by atoms with Crippen molar-refractivity contribution in [1.82, 2.24) is 14.8 Å². The van der Waals surface area contributed by atoms with Crippen molar-refractivity contribution in [2.45, 2.75) is 11.7 Å². The van der Waals surface area contributed by atoms with E-state index in [0.717, 1.165) is 5.76 Å². The summed E-state index contributed by atoms with van der Waals surface area (Å²) in [5.74, 6) is 1.14. The number of halogens is 1. The second-order valence-corrected chi connectivity index (χ2v) is 6.79. The Hall–Kier alpha value is -1.57. The first-order valence-corrected chi connectivity index (χ1v) is 8.22. The average Bonchev–Trinajstić information content (AvgIpc) is 3.19. The molecule has 0 atom stereocenters. The first kappa shape index (κ1) is 14.4. The van der Waals surface area contributed by atoms with Gasteiger partial charge in [0.05, 0.1) is 27.8 Å².